The first-order valence-corrected chi connectivity index (χ1v) is 8.07. The summed E-state index contributed by atoms with van der Waals surface area (Å²) in [6.45, 7) is 6.51. The first-order chi connectivity index (χ1) is 10.7. The molecule has 124 valence electrons. The molecule has 0 bridgehead atoms. The summed E-state index contributed by atoms with van der Waals surface area (Å²) < 4.78 is 1.57. The molecule has 0 fully saturated rings. The monoisotopic (exact) mass is 336 g/mol. The molecule has 0 aliphatic heterocycles. The van der Waals surface area contributed by atoms with E-state index in [0.717, 1.165) is 5.69 Å². The van der Waals surface area contributed by atoms with Crippen LogP contribution in [0.25, 0.3) is 0 Å². The van der Waals surface area contributed by atoms with Crippen molar-refractivity contribution >= 4 is 23.2 Å². The maximum atomic E-state index is 12.2. The van der Waals surface area contributed by atoms with Crippen molar-refractivity contribution in [1.82, 2.24) is 20.1 Å². The molecule has 0 spiro atoms. The van der Waals surface area contributed by atoms with Gasteiger partial charge in [0.1, 0.15) is 5.69 Å². The second kappa shape index (κ2) is 6.49. The van der Waals surface area contributed by atoms with Crippen LogP contribution in [0.4, 0.5) is 0 Å². The number of rotatable bonds is 5. The van der Waals surface area contributed by atoms with Crippen LogP contribution < -0.4 is 5.32 Å². The molecule has 0 saturated carbocycles. The number of carboxylic acid groups (broad SMARTS) is 1. The molecule has 7 nitrogen and oxygen atoms in total. The third kappa shape index (κ3) is 4.16. The highest BCUT2D eigenvalue weighted by Gasteiger charge is 2.21. The van der Waals surface area contributed by atoms with Crippen LogP contribution in [0.1, 0.15) is 52.4 Å². The van der Waals surface area contributed by atoms with E-state index in [0.29, 0.717) is 23.7 Å². The van der Waals surface area contributed by atoms with Crippen LogP contribution in [0.2, 0.25) is 0 Å². The number of carbonyl (C=O) groups excluding carboxylic acids is 1. The Labute approximate surface area is 138 Å². The van der Waals surface area contributed by atoms with Gasteiger partial charge in [-0.2, -0.15) is 5.10 Å². The predicted molar refractivity (Wildman–Crippen MR) is 87.0 cm³/mol. The smallest absolute Gasteiger partial charge is 0.355 e. The van der Waals surface area contributed by atoms with Gasteiger partial charge in [-0.3, -0.25) is 9.48 Å². The number of carboxylic acids is 1. The average Bonchev–Trinajstić information content (AvgIpc) is 3.04. The molecule has 2 N–H and O–H groups in total. The third-order valence-corrected chi connectivity index (χ3v) is 4.18. The summed E-state index contributed by atoms with van der Waals surface area (Å²) in [5.41, 5.74) is 1.28. The Morgan fingerprint density at radius 2 is 2.09 bits per heavy atom. The Morgan fingerprint density at radius 1 is 1.39 bits per heavy atom. The van der Waals surface area contributed by atoms with Gasteiger partial charge in [0.15, 0.2) is 5.69 Å². The van der Waals surface area contributed by atoms with Crippen molar-refractivity contribution in [3.05, 3.63) is 33.5 Å². The number of hydrogen-bond donors (Lipinski definition) is 2. The molecule has 0 aliphatic carbocycles. The number of hydrogen-bond acceptors (Lipinski definition) is 5. The highest BCUT2D eigenvalue weighted by atomic mass is 32.1. The summed E-state index contributed by atoms with van der Waals surface area (Å²) >= 11 is 1.28. The molecular weight excluding hydrogens is 316 g/mol. The number of nitrogens with one attached hydrogen (secondary N) is 1. The normalized spacial score (nSPS) is 11.5. The summed E-state index contributed by atoms with van der Waals surface area (Å²) in [6.07, 6.45) is 0.494. The maximum absolute atomic E-state index is 12.2. The molecule has 0 unspecified atom stereocenters. The van der Waals surface area contributed by atoms with E-state index in [9.17, 15) is 9.59 Å². The van der Waals surface area contributed by atoms with Crippen LogP contribution in [-0.4, -0.2) is 38.3 Å². The number of carbonyl (C=O) groups is 2. The van der Waals surface area contributed by atoms with Crippen LogP contribution in [0.3, 0.4) is 0 Å². The fourth-order valence-corrected chi connectivity index (χ4v) is 2.72. The van der Waals surface area contributed by atoms with Gasteiger partial charge in [0.05, 0.1) is 10.7 Å². The highest BCUT2D eigenvalue weighted by Crippen LogP contribution is 2.21. The Hall–Kier alpha value is -2.22. The van der Waals surface area contributed by atoms with Crippen molar-refractivity contribution in [1.29, 1.82) is 0 Å². The molecule has 2 heterocycles. The standard InChI is InChI=1S/C15H20N4O3S/c1-15(2,3)11-7-10(19(4)18-11)13(20)16-6-5-12-17-9(8-23-12)14(21)22/h7-8H,5-6H2,1-4H3,(H,16,20)(H,21,22). The van der Waals surface area contributed by atoms with E-state index >= 15 is 0 Å². The van der Waals surface area contributed by atoms with Gasteiger partial charge in [0.25, 0.3) is 5.91 Å². The second-order valence-electron chi connectivity index (χ2n) is 6.23. The largest absolute Gasteiger partial charge is 0.476 e. The number of aryl methyl sites for hydroxylation is 1. The Kier molecular flexibility index (Phi) is 4.84. The van der Waals surface area contributed by atoms with Crippen LogP contribution in [-0.2, 0) is 18.9 Å². The van der Waals surface area contributed by atoms with E-state index in [1.165, 1.54) is 16.7 Å². The number of thiazole rings is 1. The Morgan fingerprint density at radius 3 is 2.61 bits per heavy atom. The summed E-state index contributed by atoms with van der Waals surface area (Å²) in [5, 5.41) is 18.2. The van der Waals surface area contributed by atoms with Gasteiger partial charge >= 0.3 is 5.97 Å². The average molecular weight is 336 g/mol. The van der Waals surface area contributed by atoms with Crippen LogP contribution in [0.15, 0.2) is 11.4 Å². The Bertz CT molecular complexity index is 727. The van der Waals surface area contributed by atoms with Crippen molar-refractivity contribution in [2.75, 3.05) is 6.54 Å². The van der Waals surface area contributed by atoms with Gasteiger partial charge in [0, 0.05) is 30.8 Å². The van der Waals surface area contributed by atoms with E-state index in [-0.39, 0.29) is 17.0 Å². The van der Waals surface area contributed by atoms with Gasteiger partial charge in [-0.15, -0.1) is 11.3 Å². The quantitative estimate of drug-likeness (QED) is 0.868. The van der Waals surface area contributed by atoms with E-state index < -0.39 is 5.97 Å². The second-order valence-corrected chi connectivity index (χ2v) is 7.17. The zero-order chi connectivity index (χ0) is 17.2. The van der Waals surface area contributed by atoms with Gasteiger partial charge in [-0.1, -0.05) is 20.8 Å². The number of aromatic nitrogens is 3. The summed E-state index contributed by atoms with van der Waals surface area (Å²) in [7, 11) is 1.74. The van der Waals surface area contributed by atoms with Gasteiger partial charge < -0.3 is 10.4 Å². The number of nitrogens with zero attached hydrogens (tertiary/aromatic N) is 3. The molecule has 0 aliphatic rings. The molecule has 23 heavy (non-hydrogen) atoms. The lowest BCUT2D eigenvalue weighted by molar-refractivity contribution is 0.0690. The Balaban J connectivity index is 1.94. The molecule has 8 heteroatoms. The van der Waals surface area contributed by atoms with Gasteiger partial charge in [0.2, 0.25) is 0 Å². The van der Waals surface area contributed by atoms with Gasteiger partial charge in [-0.25, -0.2) is 9.78 Å². The van der Waals surface area contributed by atoms with Crippen molar-refractivity contribution in [3.8, 4) is 0 Å². The number of amides is 1. The van der Waals surface area contributed by atoms with E-state index in [2.05, 4.69) is 15.4 Å². The minimum atomic E-state index is -1.04. The van der Waals surface area contributed by atoms with Gasteiger partial charge in [-0.05, 0) is 6.07 Å². The van der Waals surface area contributed by atoms with Crippen molar-refractivity contribution in [2.24, 2.45) is 7.05 Å². The maximum Gasteiger partial charge on any atom is 0.355 e. The van der Waals surface area contributed by atoms with E-state index in [1.807, 2.05) is 20.8 Å². The molecule has 2 aromatic rings. The zero-order valence-electron chi connectivity index (χ0n) is 13.6. The van der Waals surface area contributed by atoms with Crippen LogP contribution >= 0.6 is 11.3 Å². The van der Waals surface area contributed by atoms with Crippen molar-refractivity contribution in [3.63, 3.8) is 0 Å². The minimum absolute atomic E-state index is 0.0396. The first kappa shape index (κ1) is 17.1. The van der Waals surface area contributed by atoms with E-state index in [1.54, 1.807) is 17.8 Å². The molecule has 2 aromatic heterocycles. The number of aromatic carboxylic acids is 1. The molecule has 0 radical (unpaired) electrons. The zero-order valence-corrected chi connectivity index (χ0v) is 14.4. The van der Waals surface area contributed by atoms with Crippen LogP contribution in [0, 0.1) is 0 Å². The fraction of sp³-hybridized carbons (Fsp3) is 0.467. The summed E-state index contributed by atoms with van der Waals surface area (Å²) in [5.74, 6) is -1.24. The minimum Gasteiger partial charge on any atom is -0.476 e. The fourth-order valence-electron chi connectivity index (χ4n) is 1.94. The lowest BCUT2D eigenvalue weighted by atomic mass is 9.92. The molecule has 2 rings (SSSR count). The van der Waals surface area contributed by atoms with Crippen molar-refractivity contribution in [2.45, 2.75) is 32.6 Å². The summed E-state index contributed by atoms with van der Waals surface area (Å²) in [6, 6.07) is 1.79. The topological polar surface area (TPSA) is 97.1 Å². The molecule has 0 atom stereocenters. The molecular formula is C15H20N4O3S. The molecule has 0 saturated heterocycles. The lowest BCUT2D eigenvalue weighted by Crippen LogP contribution is -2.27. The van der Waals surface area contributed by atoms with Crippen molar-refractivity contribution < 1.29 is 14.7 Å². The highest BCUT2D eigenvalue weighted by molar-refractivity contribution is 7.09. The third-order valence-electron chi connectivity index (χ3n) is 3.28. The molecule has 1 amide bonds. The summed E-state index contributed by atoms with van der Waals surface area (Å²) in [4.78, 5) is 27.0. The van der Waals surface area contributed by atoms with E-state index in [4.69, 9.17) is 5.11 Å². The SMILES string of the molecule is Cn1nc(C(C)(C)C)cc1C(=O)NCCc1nc(C(=O)O)cs1. The molecule has 0 aromatic carbocycles. The lowest BCUT2D eigenvalue weighted by Gasteiger charge is -2.13. The first-order valence-electron chi connectivity index (χ1n) is 7.19. The van der Waals surface area contributed by atoms with Crippen LogP contribution in [0.5, 0.6) is 0 Å². The predicted octanol–water partition coefficient (Wildman–Crippen LogP) is 1.84.